The highest BCUT2D eigenvalue weighted by Gasteiger charge is 2.17. The van der Waals surface area contributed by atoms with E-state index in [1.54, 1.807) is 0 Å². The van der Waals surface area contributed by atoms with Gasteiger partial charge in [-0.1, -0.05) is 72.8 Å². The summed E-state index contributed by atoms with van der Waals surface area (Å²) in [6.07, 6.45) is 0. The molecule has 0 aromatic heterocycles. The summed E-state index contributed by atoms with van der Waals surface area (Å²) in [4.78, 5) is 0. The molecule has 0 saturated heterocycles. The second-order valence-electron chi connectivity index (χ2n) is 6.98. The zero-order valence-corrected chi connectivity index (χ0v) is 16.0. The molecular weight excluding hydrogens is 358 g/mol. The Morgan fingerprint density at radius 2 is 1.10 bits per heavy atom. The number of fused-ring (bicyclic) bond motifs is 1. The van der Waals surface area contributed by atoms with Crippen LogP contribution in [0.25, 0.3) is 22.3 Å². The van der Waals surface area contributed by atoms with Gasteiger partial charge in [0.15, 0.2) is 11.5 Å². The lowest BCUT2D eigenvalue weighted by Crippen LogP contribution is -2.15. The van der Waals surface area contributed by atoms with Crippen molar-refractivity contribution in [1.82, 2.24) is 0 Å². The van der Waals surface area contributed by atoms with E-state index in [4.69, 9.17) is 9.47 Å². The Morgan fingerprint density at radius 1 is 0.552 bits per heavy atom. The minimum atomic E-state index is 0.572. The van der Waals surface area contributed by atoms with Gasteiger partial charge in [-0.25, -0.2) is 0 Å². The third-order valence-electron chi connectivity index (χ3n) is 5.04. The van der Waals surface area contributed by atoms with Crippen LogP contribution in [0.5, 0.6) is 11.5 Å². The van der Waals surface area contributed by atoms with E-state index >= 15 is 0 Å². The van der Waals surface area contributed by atoms with Gasteiger partial charge in [0.05, 0.1) is 5.69 Å². The molecule has 1 heterocycles. The fourth-order valence-corrected chi connectivity index (χ4v) is 3.58. The minimum absolute atomic E-state index is 0.572. The van der Waals surface area contributed by atoms with Crippen LogP contribution < -0.4 is 14.8 Å². The highest BCUT2D eigenvalue weighted by molar-refractivity contribution is 5.84. The molecule has 1 aliphatic heterocycles. The Balaban J connectivity index is 1.50. The van der Waals surface area contributed by atoms with Crippen molar-refractivity contribution in [3.05, 3.63) is 97.1 Å². The minimum Gasteiger partial charge on any atom is -0.486 e. The predicted octanol–water partition coefficient (Wildman–Crippen LogP) is 6.54. The van der Waals surface area contributed by atoms with Crippen LogP contribution >= 0.6 is 0 Å². The third kappa shape index (κ3) is 3.67. The maximum Gasteiger partial charge on any atom is 0.163 e. The molecule has 4 aromatic rings. The SMILES string of the molecule is c1ccc(-c2ccc(Nc3cc4c(cc3-c3ccccc3)OCCO4)cc2)cc1. The standard InChI is InChI=1S/C26H21NO2/c1-3-7-19(8-4-1)20-11-13-22(14-12-20)27-24-18-26-25(28-15-16-29-26)17-23(24)21-9-5-2-6-10-21/h1-14,17-18,27H,15-16H2. The first-order chi connectivity index (χ1) is 14.4. The lowest BCUT2D eigenvalue weighted by atomic mass is 10.0. The van der Waals surface area contributed by atoms with Gasteiger partial charge < -0.3 is 14.8 Å². The molecule has 0 aliphatic carbocycles. The second-order valence-corrected chi connectivity index (χ2v) is 6.98. The van der Waals surface area contributed by atoms with Gasteiger partial charge in [-0.2, -0.15) is 0 Å². The van der Waals surface area contributed by atoms with E-state index in [0.717, 1.165) is 34.0 Å². The van der Waals surface area contributed by atoms with E-state index in [-0.39, 0.29) is 0 Å². The van der Waals surface area contributed by atoms with E-state index < -0.39 is 0 Å². The number of rotatable bonds is 4. The quantitative estimate of drug-likeness (QED) is 0.437. The molecule has 1 N–H and O–H groups in total. The average molecular weight is 379 g/mol. The van der Waals surface area contributed by atoms with Crippen LogP contribution in [-0.2, 0) is 0 Å². The normalized spacial score (nSPS) is 12.4. The number of anilines is 2. The largest absolute Gasteiger partial charge is 0.486 e. The lowest BCUT2D eigenvalue weighted by Gasteiger charge is -2.22. The van der Waals surface area contributed by atoms with Gasteiger partial charge in [0, 0.05) is 17.3 Å². The Hall–Kier alpha value is -3.72. The number of hydrogen-bond acceptors (Lipinski definition) is 3. The summed E-state index contributed by atoms with van der Waals surface area (Å²) >= 11 is 0. The van der Waals surface area contributed by atoms with Crippen molar-refractivity contribution in [2.75, 3.05) is 18.5 Å². The smallest absolute Gasteiger partial charge is 0.163 e. The molecule has 0 saturated carbocycles. The molecule has 3 heteroatoms. The van der Waals surface area contributed by atoms with Gasteiger partial charge in [-0.15, -0.1) is 0 Å². The molecule has 3 nitrogen and oxygen atoms in total. The van der Waals surface area contributed by atoms with Crippen LogP contribution in [0, 0.1) is 0 Å². The van der Waals surface area contributed by atoms with E-state index in [1.807, 2.05) is 30.3 Å². The summed E-state index contributed by atoms with van der Waals surface area (Å²) in [5, 5.41) is 3.56. The fourth-order valence-electron chi connectivity index (χ4n) is 3.58. The molecule has 0 amide bonds. The van der Waals surface area contributed by atoms with E-state index in [2.05, 4.69) is 72.0 Å². The molecule has 0 radical (unpaired) electrons. The third-order valence-corrected chi connectivity index (χ3v) is 5.04. The summed E-state index contributed by atoms with van der Waals surface area (Å²) in [5.41, 5.74) is 6.64. The molecule has 0 atom stereocenters. The van der Waals surface area contributed by atoms with Gasteiger partial charge in [0.2, 0.25) is 0 Å². The van der Waals surface area contributed by atoms with Gasteiger partial charge in [0.25, 0.3) is 0 Å². The Morgan fingerprint density at radius 3 is 1.76 bits per heavy atom. The van der Waals surface area contributed by atoms with Crippen LogP contribution in [0.2, 0.25) is 0 Å². The molecule has 29 heavy (non-hydrogen) atoms. The summed E-state index contributed by atoms with van der Waals surface area (Å²) in [5.74, 6) is 1.57. The van der Waals surface area contributed by atoms with Crippen molar-refractivity contribution in [1.29, 1.82) is 0 Å². The second kappa shape index (κ2) is 7.72. The van der Waals surface area contributed by atoms with Gasteiger partial charge in [0.1, 0.15) is 13.2 Å². The first-order valence-corrected chi connectivity index (χ1v) is 9.78. The lowest BCUT2D eigenvalue weighted by molar-refractivity contribution is 0.172. The Labute approximate surface area is 170 Å². The summed E-state index contributed by atoms with van der Waals surface area (Å²) in [6.45, 7) is 1.15. The molecule has 0 unspecified atom stereocenters. The van der Waals surface area contributed by atoms with Crippen molar-refractivity contribution in [3.63, 3.8) is 0 Å². The zero-order valence-electron chi connectivity index (χ0n) is 16.0. The van der Waals surface area contributed by atoms with Crippen molar-refractivity contribution < 1.29 is 9.47 Å². The first-order valence-electron chi connectivity index (χ1n) is 9.78. The maximum absolute atomic E-state index is 5.80. The van der Waals surface area contributed by atoms with Crippen LogP contribution in [0.4, 0.5) is 11.4 Å². The Kier molecular flexibility index (Phi) is 4.63. The highest BCUT2D eigenvalue weighted by Crippen LogP contribution is 2.41. The van der Waals surface area contributed by atoms with E-state index in [0.29, 0.717) is 13.2 Å². The summed E-state index contributed by atoms with van der Waals surface area (Å²) in [7, 11) is 0. The molecule has 0 fully saturated rings. The molecule has 142 valence electrons. The van der Waals surface area contributed by atoms with Gasteiger partial charge in [-0.05, 0) is 34.9 Å². The van der Waals surface area contributed by atoms with Crippen molar-refractivity contribution in [2.45, 2.75) is 0 Å². The zero-order chi connectivity index (χ0) is 19.5. The first kappa shape index (κ1) is 17.4. The van der Waals surface area contributed by atoms with Crippen LogP contribution in [-0.4, -0.2) is 13.2 Å². The number of nitrogens with one attached hydrogen (secondary N) is 1. The number of benzene rings is 4. The molecular formula is C26H21NO2. The molecule has 5 rings (SSSR count). The maximum atomic E-state index is 5.80. The topological polar surface area (TPSA) is 30.5 Å². The number of hydrogen-bond donors (Lipinski definition) is 1. The van der Waals surface area contributed by atoms with Crippen molar-refractivity contribution in [3.8, 4) is 33.8 Å². The summed E-state index contributed by atoms with van der Waals surface area (Å²) in [6, 6.07) is 33.3. The molecule has 4 aromatic carbocycles. The van der Waals surface area contributed by atoms with Gasteiger partial charge in [-0.3, -0.25) is 0 Å². The van der Waals surface area contributed by atoms with Crippen molar-refractivity contribution >= 4 is 11.4 Å². The van der Waals surface area contributed by atoms with E-state index in [1.165, 1.54) is 11.1 Å². The van der Waals surface area contributed by atoms with Crippen LogP contribution in [0.1, 0.15) is 0 Å². The average Bonchev–Trinajstić information content (AvgIpc) is 2.80. The predicted molar refractivity (Wildman–Crippen MR) is 118 cm³/mol. The Bertz CT molecular complexity index is 1110. The monoisotopic (exact) mass is 379 g/mol. The molecule has 0 spiro atoms. The van der Waals surface area contributed by atoms with Crippen LogP contribution in [0.15, 0.2) is 97.1 Å². The highest BCUT2D eigenvalue weighted by atomic mass is 16.6. The van der Waals surface area contributed by atoms with E-state index in [9.17, 15) is 0 Å². The summed E-state index contributed by atoms with van der Waals surface area (Å²) < 4.78 is 11.6. The molecule has 0 bridgehead atoms. The fraction of sp³-hybridized carbons (Fsp3) is 0.0769. The van der Waals surface area contributed by atoms with Crippen molar-refractivity contribution in [2.24, 2.45) is 0 Å². The van der Waals surface area contributed by atoms with Gasteiger partial charge >= 0.3 is 0 Å². The molecule has 1 aliphatic rings. The van der Waals surface area contributed by atoms with Crippen LogP contribution in [0.3, 0.4) is 0 Å². The number of ether oxygens (including phenoxy) is 2.